The molecule has 2 aromatic carbocycles. The van der Waals surface area contributed by atoms with Gasteiger partial charge in [0, 0.05) is 18.2 Å². The Hall–Kier alpha value is -2.62. The average Bonchev–Trinajstić information content (AvgIpc) is 2.79. The normalized spacial score (nSPS) is 10.8. The van der Waals surface area contributed by atoms with E-state index in [0.717, 1.165) is 17.0 Å². The van der Waals surface area contributed by atoms with Crippen LogP contribution in [0.3, 0.4) is 0 Å². The summed E-state index contributed by atoms with van der Waals surface area (Å²) in [6.45, 7) is 1.92. The number of aromatic nitrogens is 2. The second kappa shape index (κ2) is 5.05. The predicted octanol–water partition coefficient (Wildman–Crippen LogP) is 3.78. The van der Waals surface area contributed by atoms with Gasteiger partial charge in [-0.25, -0.2) is 9.37 Å². The van der Waals surface area contributed by atoms with Crippen LogP contribution in [0.1, 0.15) is 5.56 Å². The Morgan fingerprint density at radius 1 is 1.10 bits per heavy atom. The van der Waals surface area contributed by atoms with E-state index in [4.69, 9.17) is 5.73 Å². The maximum absolute atomic E-state index is 14.1. The van der Waals surface area contributed by atoms with Gasteiger partial charge >= 0.3 is 0 Å². The highest BCUT2D eigenvalue weighted by Crippen LogP contribution is 2.32. The van der Waals surface area contributed by atoms with Crippen molar-refractivity contribution in [1.82, 2.24) is 9.55 Å². The van der Waals surface area contributed by atoms with Crippen LogP contribution in [0, 0.1) is 12.7 Å². The zero-order chi connectivity index (χ0) is 15.0. The Labute approximate surface area is 122 Å². The minimum atomic E-state index is -0.315. The lowest BCUT2D eigenvalue weighted by atomic mass is 10.1. The molecule has 0 unspecified atom stereocenters. The van der Waals surface area contributed by atoms with E-state index in [1.807, 2.05) is 44.3 Å². The van der Waals surface area contributed by atoms with E-state index in [0.29, 0.717) is 17.1 Å². The molecule has 2 N–H and O–H groups in total. The topological polar surface area (TPSA) is 43.8 Å². The Morgan fingerprint density at radius 3 is 2.52 bits per heavy atom. The van der Waals surface area contributed by atoms with Gasteiger partial charge in [-0.15, -0.1) is 0 Å². The summed E-state index contributed by atoms with van der Waals surface area (Å²) in [4.78, 5) is 4.55. The van der Waals surface area contributed by atoms with E-state index in [1.54, 1.807) is 16.7 Å². The minimum absolute atomic E-state index is 0.315. The van der Waals surface area contributed by atoms with Gasteiger partial charge in [0.15, 0.2) is 0 Å². The molecule has 0 bridgehead atoms. The maximum atomic E-state index is 14.1. The van der Waals surface area contributed by atoms with E-state index >= 15 is 0 Å². The van der Waals surface area contributed by atoms with Crippen LogP contribution in [-0.2, 0) is 7.05 Å². The zero-order valence-electron chi connectivity index (χ0n) is 12.0. The average molecular weight is 281 g/mol. The van der Waals surface area contributed by atoms with Crippen molar-refractivity contribution in [2.45, 2.75) is 6.92 Å². The second-order valence-electron chi connectivity index (χ2n) is 5.08. The van der Waals surface area contributed by atoms with E-state index in [2.05, 4.69) is 4.98 Å². The SMILES string of the molecule is Cc1ccc(F)c(-c2nc(-c3ccccc3)n(C)c2N)c1. The van der Waals surface area contributed by atoms with E-state index in [9.17, 15) is 4.39 Å². The number of imidazole rings is 1. The molecule has 0 aliphatic rings. The van der Waals surface area contributed by atoms with Crippen molar-refractivity contribution in [3.63, 3.8) is 0 Å². The molecule has 106 valence electrons. The van der Waals surface area contributed by atoms with Gasteiger partial charge < -0.3 is 10.3 Å². The van der Waals surface area contributed by atoms with Crippen molar-refractivity contribution in [3.8, 4) is 22.6 Å². The summed E-state index contributed by atoms with van der Waals surface area (Å²) in [5, 5.41) is 0. The molecule has 3 nitrogen and oxygen atoms in total. The number of nitrogens with zero attached hydrogens (tertiary/aromatic N) is 2. The Kier molecular flexibility index (Phi) is 3.22. The molecule has 3 aromatic rings. The van der Waals surface area contributed by atoms with Crippen molar-refractivity contribution in [2.24, 2.45) is 7.05 Å². The highest BCUT2D eigenvalue weighted by Gasteiger charge is 2.17. The molecule has 0 saturated heterocycles. The van der Waals surface area contributed by atoms with Gasteiger partial charge in [0.05, 0.1) is 0 Å². The smallest absolute Gasteiger partial charge is 0.142 e. The molecule has 3 rings (SSSR count). The molecular formula is C17H16FN3. The van der Waals surface area contributed by atoms with Crippen LogP contribution in [0.2, 0.25) is 0 Å². The predicted molar refractivity (Wildman–Crippen MR) is 83.2 cm³/mol. The van der Waals surface area contributed by atoms with Gasteiger partial charge in [0.25, 0.3) is 0 Å². The van der Waals surface area contributed by atoms with Crippen LogP contribution in [0.25, 0.3) is 22.6 Å². The number of nitrogens with two attached hydrogens (primary N) is 1. The molecule has 1 aromatic heterocycles. The first kappa shape index (κ1) is 13.4. The number of aryl methyl sites for hydroxylation is 1. The van der Waals surface area contributed by atoms with Crippen LogP contribution in [0.15, 0.2) is 48.5 Å². The monoisotopic (exact) mass is 281 g/mol. The lowest BCUT2D eigenvalue weighted by molar-refractivity contribution is 0.630. The summed E-state index contributed by atoms with van der Waals surface area (Å²) >= 11 is 0. The van der Waals surface area contributed by atoms with Crippen LogP contribution in [0.5, 0.6) is 0 Å². The molecular weight excluding hydrogens is 265 g/mol. The molecule has 21 heavy (non-hydrogen) atoms. The van der Waals surface area contributed by atoms with Gasteiger partial charge in [0.2, 0.25) is 0 Å². The van der Waals surface area contributed by atoms with Crippen LogP contribution >= 0.6 is 0 Å². The van der Waals surface area contributed by atoms with Crippen molar-refractivity contribution in [2.75, 3.05) is 5.73 Å². The highest BCUT2D eigenvalue weighted by molar-refractivity contribution is 5.76. The third-order valence-corrected chi connectivity index (χ3v) is 3.55. The summed E-state index contributed by atoms with van der Waals surface area (Å²) in [7, 11) is 1.84. The fourth-order valence-corrected chi connectivity index (χ4v) is 2.38. The third kappa shape index (κ3) is 2.29. The summed E-state index contributed by atoms with van der Waals surface area (Å²) in [5.41, 5.74) is 8.96. The van der Waals surface area contributed by atoms with E-state index < -0.39 is 0 Å². The minimum Gasteiger partial charge on any atom is -0.383 e. The van der Waals surface area contributed by atoms with Crippen molar-refractivity contribution >= 4 is 5.82 Å². The Morgan fingerprint density at radius 2 is 1.81 bits per heavy atom. The molecule has 4 heteroatoms. The van der Waals surface area contributed by atoms with Crippen LogP contribution in [0.4, 0.5) is 10.2 Å². The summed E-state index contributed by atoms with van der Waals surface area (Å²) in [5.74, 6) is 0.868. The van der Waals surface area contributed by atoms with Gasteiger partial charge in [-0.1, -0.05) is 42.0 Å². The van der Waals surface area contributed by atoms with Crippen LogP contribution < -0.4 is 5.73 Å². The van der Waals surface area contributed by atoms with Gasteiger partial charge in [-0.3, -0.25) is 0 Å². The van der Waals surface area contributed by atoms with Gasteiger partial charge in [-0.2, -0.15) is 0 Å². The van der Waals surface area contributed by atoms with Crippen LogP contribution in [-0.4, -0.2) is 9.55 Å². The maximum Gasteiger partial charge on any atom is 0.142 e. The summed E-state index contributed by atoms with van der Waals surface area (Å²) in [6, 6.07) is 14.7. The fraction of sp³-hybridized carbons (Fsp3) is 0.118. The number of benzene rings is 2. The first-order valence-corrected chi connectivity index (χ1v) is 6.72. The molecule has 0 spiro atoms. The lowest BCUT2D eigenvalue weighted by Crippen LogP contribution is -1.99. The molecule has 0 amide bonds. The highest BCUT2D eigenvalue weighted by atomic mass is 19.1. The fourth-order valence-electron chi connectivity index (χ4n) is 2.38. The molecule has 0 atom stereocenters. The Balaban J connectivity index is 2.20. The standard InChI is InChI=1S/C17H16FN3/c1-11-8-9-14(18)13(10-11)15-16(19)21(2)17(20-15)12-6-4-3-5-7-12/h3-10H,19H2,1-2H3. The number of nitrogen functional groups attached to an aromatic ring is 1. The first-order valence-electron chi connectivity index (χ1n) is 6.72. The largest absolute Gasteiger partial charge is 0.383 e. The second-order valence-corrected chi connectivity index (χ2v) is 5.08. The quantitative estimate of drug-likeness (QED) is 0.776. The van der Waals surface area contributed by atoms with Gasteiger partial charge in [-0.05, 0) is 19.1 Å². The van der Waals surface area contributed by atoms with Crippen molar-refractivity contribution in [3.05, 3.63) is 59.9 Å². The molecule has 0 saturated carbocycles. The van der Waals surface area contributed by atoms with Gasteiger partial charge in [0.1, 0.15) is 23.2 Å². The summed E-state index contributed by atoms with van der Waals surface area (Å²) < 4.78 is 15.9. The zero-order valence-corrected chi connectivity index (χ0v) is 12.0. The third-order valence-electron chi connectivity index (χ3n) is 3.55. The number of halogens is 1. The first-order chi connectivity index (χ1) is 10.1. The lowest BCUT2D eigenvalue weighted by Gasteiger charge is -2.03. The van der Waals surface area contributed by atoms with Crippen molar-refractivity contribution in [1.29, 1.82) is 0 Å². The number of rotatable bonds is 2. The molecule has 0 fully saturated rings. The summed E-state index contributed by atoms with van der Waals surface area (Å²) in [6.07, 6.45) is 0. The molecule has 1 heterocycles. The van der Waals surface area contributed by atoms with E-state index in [-0.39, 0.29) is 5.82 Å². The number of anilines is 1. The van der Waals surface area contributed by atoms with E-state index in [1.165, 1.54) is 6.07 Å². The number of hydrogen-bond acceptors (Lipinski definition) is 2. The van der Waals surface area contributed by atoms with Crippen molar-refractivity contribution < 1.29 is 4.39 Å². The molecule has 0 radical (unpaired) electrons. The molecule has 0 aliphatic heterocycles. The Bertz CT molecular complexity index is 791. The number of hydrogen-bond donors (Lipinski definition) is 1. The molecule has 0 aliphatic carbocycles.